The zero-order valence-electron chi connectivity index (χ0n) is 27.5. The molecule has 4 unspecified atom stereocenters. The van der Waals surface area contributed by atoms with Gasteiger partial charge in [0.2, 0.25) is 0 Å². The van der Waals surface area contributed by atoms with Gasteiger partial charge < -0.3 is 40.0 Å². The number of carbonyl (C=O) groups is 3. The number of hydrogen-bond donors (Lipinski definition) is 4. The molecule has 0 aromatic rings. The van der Waals surface area contributed by atoms with Crippen molar-refractivity contribution in [1.82, 2.24) is 20.4 Å². The molecule has 0 rings (SSSR count). The molecule has 12 nitrogen and oxygen atoms in total. The second kappa shape index (κ2) is 29.7. The van der Waals surface area contributed by atoms with Gasteiger partial charge in [-0.1, -0.05) is 34.6 Å². The van der Waals surface area contributed by atoms with Crippen LogP contribution < -0.4 is 10.6 Å². The Morgan fingerprint density at radius 1 is 0.707 bits per heavy atom. The zero-order valence-corrected chi connectivity index (χ0v) is 27.5. The third kappa shape index (κ3) is 25.6. The molecule has 12 heteroatoms. The van der Waals surface area contributed by atoms with E-state index in [1.165, 1.54) is 0 Å². The summed E-state index contributed by atoms with van der Waals surface area (Å²) in [5.74, 6) is -0.770. The Balaban J connectivity index is -0.000000535. The lowest BCUT2D eigenvalue weighted by atomic mass is 10.2. The van der Waals surface area contributed by atoms with Gasteiger partial charge in [-0.05, 0) is 67.2 Å². The van der Waals surface area contributed by atoms with Gasteiger partial charge in [-0.2, -0.15) is 0 Å². The van der Waals surface area contributed by atoms with Gasteiger partial charge in [0.25, 0.3) is 0 Å². The first kappa shape index (κ1) is 43.6. The Bertz CT molecular complexity index is 626. The topological polar surface area (TPSA) is 150 Å². The summed E-state index contributed by atoms with van der Waals surface area (Å²) in [5, 5.41) is 23.8. The second-order valence-electron chi connectivity index (χ2n) is 9.75. The fraction of sp³-hybridized carbons (Fsp3) is 0.897. The van der Waals surface area contributed by atoms with Crippen molar-refractivity contribution in [2.45, 2.75) is 98.9 Å². The molecule has 0 amide bonds. The highest BCUT2D eigenvalue weighted by atomic mass is 16.5. The van der Waals surface area contributed by atoms with Crippen LogP contribution in [-0.4, -0.2) is 135 Å². The van der Waals surface area contributed by atoms with Crippen molar-refractivity contribution in [3.63, 3.8) is 0 Å². The van der Waals surface area contributed by atoms with Crippen LogP contribution in [0.4, 0.5) is 0 Å². The molecule has 4 N–H and O–H groups in total. The summed E-state index contributed by atoms with van der Waals surface area (Å²) in [5.41, 5.74) is 0. The van der Waals surface area contributed by atoms with E-state index in [2.05, 4.69) is 29.4 Å². The first-order chi connectivity index (χ1) is 19.4. The van der Waals surface area contributed by atoms with Crippen LogP contribution in [0.5, 0.6) is 0 Å². The SMILES string of the molecule is CCCOC(=O)C(C(C)O)N(C)C.CCCOC(=O)C(C)NCCN(CC)CC.CCCOC(=O)C(C)NCCO. The molecule has 0 aliphatic rings. The summed E-state index contributed by atoms with van der Waals surface area (Å²) in [4.78, 5) is 37.8. The van der Waals surface area contributed by atoms with E-state index in [-0.39, 0.29) is 36.6 Å². The van der Waals surface area contributed by atoms with Crippen LogP contribution in [0.15, 0.2) is 0 Å². The van der Waals surface area contributed by atoms with E-state index in [0.717, 1.165) is 45.4 Å². The van der Waals surface area contributed by atoms with E-state index < -0.39 is 12.1 Å². The molecule has 0 aromatic carbocycles. The zero-order chi connectivity index (χ0) is 32.2. The number of hydrogen-bond acceptors (Lipinski definition) is 12. The molecule has 0 aliphatic carbocycles. The Morgan fingerprint density at radius 3 is 1.41 bits per heavy atom. The maximum absolute atomic E-state index is 11.4. The average molecular weight is 595 g/mol. The maximum Gasteiger partial charge on any atom is 0.326 e. The van der Waals surface area contributed by atoms with E-state index in [1.807, 2.05) is 27.7 Å². The van der Waals surface area contributed by atoms with E-state index in [0.29, 0.717) is 26.4 Å². The Morgan fingerprint density at radius 2 is 1.10 bits per heavy atom. The minimum Gasteiger partial charge on any atom is -0.465 e. The van der Waals surface area contributed by atoms with Crippen LogP contribution in [0.25, 0.3) is 0 Å². The molecule has 0 saturated carbocycles. The summed E-state index contributed by atoms with van der Waals surface area (Å²) in [6.45, 7) is 21.0. The smallest absolute Gasteiger partial charge is 0.326 e. The fourth-order valence-electron chi connectivity index (χ4n) is 3.21. The number of ether oxygens (including phenoxy) is 3. The number of aliphatic hydroxyl groups excluding tert-OH is 2. The van der Waals surface area contributed by atoms with Crippen molar-refractivity contribution in [3.05, 3.63) is 0 Å². The molecule has 4 atom stereocenters. The van der Waals surface area contributed by atoms with Gasteiger partial charge in [0, 0.05) is 19.6 Å². The monoisotopic (exact) mass is 594 g/mol. The molecule has 246 valence electrons. The number of likely N-dealkylation sites (N-methyl/N-ethyl adjacent to an activating group) is 2. The van der Waals surface area contributed by atoms with Gasteiger partial charge in [0.1, 0.15) is 18.1 Å². The third-order valence-corrected chi connectivity index (χ3v) is 5.64. The molecule has 0 bridgehead atoms. The third-order valence-electron chi connectivity index (χ3n) is 5.64. The lowest BCUT2D eigenvalue weighted by molar-refractivity contribution is -0.153. The fourth-order valence-corrected chi connectivity index (χ4v) is 3.21. The largest absolute Gasteiger partial charge is 0.465 e. The van der Waals surface area contributed by atoms with Crippen molar-refractivity contribution >= 4 is 17.9 Å². The van der Waals surface area contributed by atoms with Crippen LogP contribution >= 0.6 is 0 Å². The summed E-state index contributed by atoms with van der Waals surface area (Å²) < 4.78 is 14.9. The minimum absolute atomic E-state index is 0.0331. The highest BCUT2D eigenvalue weighted by molar-refractivity contribution is 5.76. The second-order valence-corrected chi connectivity index (χ2v) is 9.75. The number of carbonyl (C=O) groups excluding carboxylic acids is 3. The highest BCUT2D eigenvalue weighted by Crippen LogP contribution is 2.03. The maximum atomic E-state index is 11.4. The Hall–Kier alpha value is -1.83. The van der Waals surface area contributed by atoms with Gasteiger partial charge >= 0.3 is 17.9 Å². The van der Waals surface area contributed by atoms with E-state index in [4.69, 9.17) is 19.3 Å². The molecule has 0 fully saturated rings. The van der Waals surface area contributed by atoms with E-state index >= 15 is 0 Å². The van der Waals surface area contributed by atoms with Gasteiger partial charge in [-0.25, -0.2) is 0 Å². The van der Waals surface area contributed by atoms with Gasteiger partial charge in [-0.3, -0.25) is 19.3 Å². The summed E-state index contributed by atoms with van der Waals surface area (Å²) in [6, 6.07) is -1.10. The number of nitrogens with zero attached hydrogens (tertiary/aromatic N) is 2. The van der Waals surface area contributed by atoms with Crippen molar-refractivity contribution in [2.75, 3.05) is 73.2 Å². The van der Waals surface area contributed by atoms with Crippen LogP contribution in [0.1, 0.15) is 74.7 Å². The summed E-state index contributed by atoms with van der Waals surface area (Å²) >= 11 is 0. The number of nitrogens with one attached hydrogen (secondary N) is 2. The minimum atomic E-state index is -0.709. The average Bonchev–Trinajstić information content (AvgIpc) is 2.94. The predicted octanol–water partition coefficient (Wildman–Crippen LogP) is 1.42. The molecule has 0 heterocycles. The quantitative estimate of drug-likeness (QED) is 0.119. The van der Waals surface area contributed by atoms with Gasteiger partial charge in [0.05, 0.1) is 32.5 Å². The van der Waals surface area contributed by atoms with Crippen molar-refractivity contribution in [2.24, 2.45) is 0 Å². The molecule has 0 radical (unpaired) electrons. The van der Waals surface area contributed by atoms with Crippen molar-refractivity contribution in [1.29, 1.82) is 0 Å². The first-order valence-corrected chi connectivity index (χ1v) is 15.0. The Labute approximate surface area is 249 Å². The number of aliphatic hydroxyl groups is 2. The van der Waals surface area contributed by atoms with Gasteiger partial charge in [0.15, 0.2) is 0 Å². The van der Waals surface area contributed by atoms with Crippen LogP contribution in [0.3, 0.4) is 0 Å². The predicted molar refractivity (Wildman–Crippen MR) is 163 cm³/mol. The molecule has 0 aliphatic heterocycles. The molecular weight excluding hydrogens is 532 g/mol. The van der Waals surface area contributed by atoms with Gasteiger partial charge in [-0.15, -0.1) is 0 Å². The van der Waals surface area contributed by atoms with E-state index in [9.17, 15) is 19.5 Å². The first-order valence-electron chi connectivity index (χ1n) is 15.0. The van der Waals surface area contributed by atoms with Crippen LogP contribution in [-0.2, 0) is 28.6 Å². The number of rotatable bonds is 20. The van der Waals surface area contributed by atoms with Crippen LogP contribution in [0, 0.1) is 0 Å². The molecule has 41 heavy (non-hydrogen) atoms. The van der Waals surface area contributed by atoms with Crippen molar-refractivity contribution < 1.29 is 38.8 Å². The number of esters is 3. The standard InChI is InChI=1S/C12H26N2O2.C9H19NO3.C8H17NO3/c1-5-10-16-12(15)11(4)13-8-9-14(6-2)7-3;1-5-6-13-9(12)8(7(2)11)10(3)4;1-3-6-12-8(11)7(2)9-4-5-10/h11,13H,5-10H2,1-4H3;7-8,11H,5-6H2,1-4H3;7,9-10H,3-6H2,1-2H3. The molecule has 0 aromatic heterocycles. The molecular formula is C29H62N4O8. The normalized spacial score (nSPS) is 13.6. The molecule has 0 saturated heterocycles. The summed E-state index contributed by atoms with van der Waals surface area (Å²) in [7, 11) is 3.48. The Kier molecular flexibility index (Phi) is 31.6. The van der Waals surface area contributed by atoms with Crippen molar-refractivity contribution in [3.8, 4) is 0 Å². The lowest BCUT2D eigenvalue weighted by Gasteiger charge is -2.24. The lowest BCUT2D eigenvalue weighted by Crippen LogP contribution is -2.45. The summed E-state index contributed by atoms with van der Waals surface area (Å²) in [6.07, 6.45) is 1.79. The van der Waals surface area contributed by atoms with E-state index in [1.54, 1.807) is 32.8 Å². The van der Waals surface area contributed by atoms with Crippen LogP contribution in [0.2, 0.25) is 0 Å². The highest BCUT2D eigenvalue weighted by Gasteiger charge is 2.27. The molecule has 0 spiro atoms.